The van der Waals surface area contributed by atoms with Gasteiger partial charge in [-0.25, -0.2) is 0 Å². The standard InChI is InChI=1S/C19H24N2O2/c1-4-5-19(22)21-17-8-6-15(7-9-17)20-16-10-12-18(13-11-16)23-14(2)3/h6-14,20H,4-5H2,1-3H3,(H,21,22). The quantitative estimate of drug-likeness (QED) is 0.760. The molecule has 0 atom stereocenters. The minimum absolute atomic E-state index is 0.0500. The van der Waals surface area contributed by atoms with E-state index in [-0.39, 0.29) is 12.0 Å². The van der Waals surface area contributed by atoms with Crippen molar-refractivity contribution in [1.29, 1.82) is 0 Å². The van der Waals surface area contributed by atoms with Gasteiger partial charge < -0.3 is 15.4 Å². The lowest BCUT2D eigenvalue weighted by atomic mass is 10.2. The van der Waals surface area contributed by atoms with Gasteiger partial charge in [-0.15, -0.1) is 0 Å². The maximum Gasteiger partial charge on any atom is 0.224 e. The van der Waals surface area contributed by atoms with E-state index in [0.29, 0.717) is 6.42 Å². The van der Waals surface area contributed by atoms with Crippen LogP contribution in [0.2, 0.25) is 0 Å². The van der Waals surface area contributed by atoms with Crippen LogP contribution in [0.5, 0.6) is 5.75 Å². The van der Waals surface area contributed by atoms with Crippen molar-refractivity contribution in [2.24, 2.45) is 0 Å². The SMILES string of the molecule is CCCC(=O)Nc1ccc(Nc2ccc(OC(C)C)cc2)cc1. The molecular formula is C19H24N2O2. The number of benzene rings is 2. The van der Waals surface area contributed by atoms with Crippen LogP contribution in [0, 0.1) is 0 Å². The highest BCUT2D eigenvalue weighted by atomic mass is 16.5. The van der Waals surface area contributed by atoms with E-state index in [1.54, 1.807) is 0 Å². The van der Waals surface area contributed by atoms with Crippen LogP contribution in [0.4, 0.5) is 17.1 Å². The first-order valence-corrected chi connectivity index (χ1v) is 8.00. The third kappa shape index (κ3) is 5.66. The molecule has 122 valence electrons. The molecule has 0 saturated heterocycles. The lowest BCUT2D eigenvalue weighted by Gasteiger charge is -2.11. The molecule has 0 radical (unpaired) electrons. The van der Waals surface area contributed by atoms with E-state index < -0.39 is 0 Å². The van der Waals surface area contributed by atoms with E-state index in [1.165, 1.54) is 0 Å². The summed E-state index contributed by atoms with van der Waals surface area (Å²) in [6.07, 6.45) is 1.57. The molecule has 1 amide bonds. The van der Waals surface area contributed by atoms with Crippen molar-refractivity contribution in [3.8, 4) is 5.75 Å². The van der Waals surface area contributed by atoms with Crippen molar-refractivity contribution in [2.45, 2.75) is 39.7 Å². The molecule has 0 aliphatic rings. The lowest BCUT2D eigenvalue weighted by molar-refractivity contribution is -0.116. The van der Waals surface area contributed by atoms with Crippen molar-refractivity contribution >= 4 is 23.0 Å². The maximum absolute atomic E-state index is 11.6. The first-order chi connectivity index (χ1) is 11.1. The Labute approximate surface area is 137 Å². The Kier molecular flexibility index (Phi) is 6.03. The average molecular weight is 312 g/mol. The second-order valence-corrected chi connectivity index (χ2v) is 5.69. The Morgan fingerprint density at radius 3 is 2.00 bits per heavy atom. The fourth-order valence-corrected chi connectivity index (χ4v) is 2.14. The molecule has 0 saturated carbocycles. The van der Waals surface area contributed by atoms with E-state index in [2.05, 4.69) is 10.6 Å². The van der Waals surface area contributed by atoms with Crippen LogP contribution >= 0.6 is 0 Å². The van der Waals surface area contributed by atoms with E-state index in [4.69, 9.17) is 4.74 Å². The summed E-state index contributed by atoms with van der Waals surface area (Å²) in [4.78, 5) is 11.6. The van der Waals surface area contributed by atoms with Gasteiger partial charge in [-0.05, 0) is 68.8 Å². The number of nitrogens with one attached hydrogen (secondary N) is 2. The van der Waals surface area contributed by atoms with Crippen molar-refractivity contribution in [3.63, 3.8) is 0 Å². The highest BCUT2D eigenvalue weighted by Crippen LogP contribution is 2.22. The van der Waals surface area contributed by atoms with Crippen LogP contribution in [0.3, 0.4) is 0 Å². The zero-order valence-electron chi connectivity index (χ0n) is 13.9. The molecule has 2 rings (SSSR count). The largest absolute Gasteiger partial charge is 0.491 e. The third-order valence-electron chi connectivity index (χ3n) is 3.16. The van der Waals surface area contributed by atoms with Crippen molar-refractivity contribution < 1.29 is 9.53 Å². The molecule has 2 N–H and O–H groups in total. The van der Waals surface area contributed by atoms with Crippen molar-refractivity contribution in [2.75, 3.05) is 10.6 Å². The number of rotatable bonds is 7. The van der Waals surface area contributed by atoms with E-state index >= 15 is 0 Å². The molecule has 0 bridgehead atoms. The summed E-state index contributed by atoms with van der Waals surface area (Å²) >= 11 is 0. The number of ether oxygens (including phenoxy) is 1. The highest BCUT2D eigenvalue weighted by Gasteiger charge is 2.02. The van der Waals surface area contributed by atoms with Gasteiger partial charge in [0.15, 0.2) is 0 Å². The molecule has 4 heteroatoms. The third-order valence-corrected chi connectivity index (χ3v) is 3.16. The van der Waals surface area contributed by atoms with E-state index in [9.17, 15) is 4.79 Å². The number of hydrogen-bond acceptors (Lipinski definition) is 3. The minimum atomic E-state index is 0.0500. The summed E-state index contributed by atoms with van der Waals surface area (Å²) in [7, 11) is 0. The molecule has 0 aliphatic heterocycles. The molecule has 23 heavy (non-hydrogen) atoms. The lowest BCUT2D eigenvalue weighted by Crippen LogP contribution is -2.10. The monoisotopic (exact) mass is 312 g/mol. The second-order valence-electron chi connectivity index (χ2n) is 5.69. The molecule has 2 aromatic rings. The van der Waals surface area contributed by atoms with Crippen molar-refractivity contribution in [1.82, 2.24) is 0 Å². The summed E-state index contributed by atoms with van der Waals surface area (Å²) < 4.78 is 5.62. The molecule has 0 unspecified atom stereocenters. The van der Waals surface area contributed by atoms with Crippen LogP contribution in [0.25, 0.3) is 0 Å². The first-order valence-electron chi connectivity index (χ1n) is 8.00. The van der Waals surface area contributed by atoms with Gasteiger partial charge in [0.05, 0.1) is 6.10 Å². The molecule has 0 heterocycles. The Morgan fingerprint density at radius 1 is 0.957 bits per heavy atom. The van der Waals surface area contributed by atoms with Gasteiger partial charge in [0.2, 0.25) is 5.91 Å². The molecule has 0 aliphatic carbocycles. The Balaban J connectivity index is 1.94. The molecular weight excluding hydrogens is 288 g/mol. The van der Waals surface area contributed by atoms with Gasteiger partial charge in [0.25, 0.3) is 0 Å². The topological polar surface area (TPSA) is 50.4 Å². The normalized spacial score (nSPS) is 10.4. The summed E-state index contributed by atoms with van der Waals surface area (Å²) in [5.41, 5.74) is 2.77. The molecule has 2 aromatic carbocycles. The summed E-state index contributed by atoms with van der Waals surface area (Å²) in [5.74, 6) is 0.911. The summed E-state index contributed by atoms with van der Waals surface area (Å²) in [5, 5.41) is 6.20. The highest BCUT2D eigenvalue weighted by molar-refractivity contribution is 5.90. The predicted molar refractivity (Wildman–Crippen MR) is 95.5 cm³/mol. The van der Waals surface area contributed by atoms with Crippen LogP contribution in [-0.2, 0) is 4.79 Å². The number of amides is 1. The Morgan fingerprint density at radius 2 is 1.48 bits per heavy atom. The van der Waals surface area contributed by atoms with E-state index in [0.717, 1.165) is 29.2 Å². The molecule has 4 nitrogen and oxygen atoms in total. The average Bonchev–Trinajstić information content (AvgIpc) is 2.51. The molecule has 0 aromatic heterocycles. The number of carbonyl (C=O) groups is 1. The van der Waals surface area contributed by atoms with Gasteiger partial charge in [0.1, 0.15) is 5.75 Å². The summed E-state index contributed by atoms with van der Waals surface area (Å²) in [6.45, 7) is 6.00. The second kappa shape index (κ2) is 8.22. The zero-order chi connectivity index (χ0) is 16.7. The van der Waals surface area contributed by atoms with Gasteiger partial charge >= 0.3 is 0 Å². The Hall–Kier alpha value is -2.49. The van der Waals surface area contributed by atoms with Gasteiger partial charge in [-0.1, -0.05) is 6.92 Å². The predicted octanol–water partition coefficient (Wildman–Crippen LogP) is 4.96. The van der Waals surface area contributed by atoms with Crippen molar-refractivity contribution in [3.05, 3.63) is 48.5 Å². The molecule has 0 spiro atoms. The number of anilines is 3. The van der Waals surface area contributed by atoms with Crippen LogP contribution in [0.1, 0.15) is 33.6 Å². The fourth-order valence-electron chi connectivity index (χ4n) is 2.14. The van der Waals surface area contributed by atoms with Crippen LogP contribution in [0.15, 0.2) is 48.5 Å². The first kappa shape index (κ1) is 16.9. The van der Waals surface area contributed by atoms with Crippen LogP contribution in [-0.4, -0.2) is 12.0 Å². The number of carbonyl (C=O) groups excluding carboxylic acids is 1. The van der Waals surface area contributed by atoms with E-state index in [1.807, 2.05) is 69.3 Å². The summed E-state index contributed by atoms with van der Waals surface area (Å²) in [6, 6.07) is 15.5. The zero-order valence-corrected chi connectivity index (χ0v) is 13.9. The fraction of sp³-hybridized carbons (Fsp3) is 0.316. The Bertz CT molecular complexity index is 619. The van der Waals surface area contributed by atoms with Crippen LogP contribution < -0.4 is 15.4 Å². The smallest absolute Gasteiger partial charge is 0.224 e. The van der Waals surface area contributed by atoms with Gasteiger partial charge in [0, 0.05) is 23.5 Å². The van der Waals surface area contributed by atoms with Gasteiger partial charge in [-0.3, -0.25) is 4.79 Å². The maximum atomic E-state index is 11.6. The molecule has 0 fully saturated rings. The van der Waals surface area contributed by atoms with Gasteiger partial charge in [-0.2, -0.15) is 0 Å². The minimum Gasteiger partial charge on any atom is -0.491 e. The number of hydrogen-bond donors (Lipinski definition) is 2.